The molecular formula is C16H34N2O2. The molecule has 0 aliphatic heterocycles. The van der Waals surface area contributed by atoms with Gasteiger partial charge in [-0.15, -0.1) is 0 Å². The molecule has 2 N–H and O–H groups in total. The largest absolute Gasteiger partial charge is 0.480 e. The van der Waals surface area contributed by atoms with Crippen LogP contribution in [0.3, 0.4) is 0 Å². The first-order chi connectivity index (χ1) is 9.30. The van der Waals surface area contributed by atoms with Crippen molar-refractivity contribution in [3.05, 3.63) is 0 Å². The van der Waals surface area contributed by atoms with E-state index in [1.54, 1.807) is 14.0 Å². The number of hydrogen-bond acceptors (Lipinski definition) is 3. The quantitative estimate of drug-likeness (QED) is 0.613. The van der Waals surface area contributed by atoms with Crippen LogP contribution in [0.25, 0.3) is 0 Å². The van der Waals surface area contributed by atoms with Crippen molar-refractivity contribution in [1.29, 1.82) is 0 Å². The normalized spacial score (nSPS) is 15.1. The molecule has 0 saturated carbocycles. The fourth-order valence-electron chi connectivity index (χ4n) is 2.67. The summed E-state index contributed by atoms with van der Waals surface area (Å²) in [7, 11) is 1.72. The van der Waals surface area contributed by atoms with Gasteiger partial charge in [-0.1, -0.05) is 27.7 Å². The van der Waals surface area contributed by atoms with E-state index in [9.17, 15) is 9.90 Å². The Kier molecular flexibility index (Phi) is 9.06. The van der Waals surface area contributed by atoms with Gasteiger partial charge in [-0.3, -0.25) is 4.79 Å². The minimum absolute atomic E-state index is 0.614. The van der Waals surface area contributed by atoms with Gasteiger partial charge in [0.05, 0.1) is 0 Å². The summed E-state index contributed by atoms with van der Waals surface area (Å²) in [5.41, 5.74) is -0.808. The molecule has 120 valence electrons. The van der Waals surface area contributed by atoms with E-state index in [1.807, 2.05) is 0 Å². The van der Waals surface area contributed by atoms with Gasteiger partial charge in [0.25, 0.3) is 0 Å². The van der Waals surface area contributed by atoms with Crippen molar-refractivity contribution in [2.24, 2.45) is 5.92 Å². The highest BCUT2D eigenvalue weighted by Gasteiger charge is 2.30. The smallest absolute Gasteiger partial charge is 0.323 e. The lowest BCUT2D eigenvalue weighted by Crippen LogP contribution is -2.48. The number of rotatable bonds is 11. The summed E-state index contributed by atoms with van der Waals surface area (Å²) in [6, 6.07) is 0.614. The molecule has 0 aliphatic carbocycles. The first kappa shape index (κ1) is 19.4. The lowest BCUT2D eigenvalue weighted by Gasteiger charge is -2.33. The highest BCUT2D eigenvalue weighted by molar-refractivity contribution is 5.78. The molecule has 0 saturated heterocycles. The first-order valence-corrected chi connectivity index (χ1v) is 7.97. The van der Waals surface area contributed by atoms with Crippen LogP contribution in [0.15, 0.2) is 0 Å². The van der Waals surface area contributed by atoms with Gasteiger partial charge in [-0.2, -0.15) is 0 Å². The SMILES string of the molecule is CCC(CC)N(CCCC(C)(NC)C(=O)O)CC(C)C. The molecule has 4 heteroatoms. The van der Waals surface area contributed by atoms with Gasteiger partial charge in [0, 0.05) is 12.6 Å². The van der Waals surface area contributed by atoms with Crippen molar-refractivity contribution in [3.63, 3.8) is 0 Å². The second-order valence-corrected chi connectivity index (χ2v) is 6.35. The third kappa shape index (κ3) is 6.23. The van der Waals surface area contributed by atoms with Crippen LogP contribution in [0, 0.1) is 5.92 Å². The van der Waals surface area contributed by atoms with Crippen molar-refractivity contribution >= 4 is 5.97 Å². The average Bonchev–Trinajstić information content (AvgIpc) is 2.38. The van der Waals surface area contributed by atoms with E-state index in [0.717, 1.165) is 32.4 Å². The lowest BCUT2D eigenvalue weighted by atomic mass is 9.95. The van der Waals surface area contributed by atoms with Gasteiger partial charge < -0.3 is 15.3 Å². The highest BCUT2D eigenvalue weighted by Crippen LogP contribution is 2.16. The lowest BCUT2D eigenvalue weighted by molar-refractivity contribution is -0.144. The van der Waals surface area contributed by atoms with E-state index in [-0.39, 0.29) is 0 Å². The maximum atomic E-state index is 11.3. The molecule has 0 aliphatic rings. The first-order valence-electron chi connectivity index (χ1n) is 7.97. The summed E-state index contributed by atoms with van der Waals surface area (Å²) in [4.78, 5) is 13.8. The van der Waals surface area contributed by atoms with Crippen molar-refractivity contribution < 1.29 is 9.90 Å². The van der Waals surface area contributed by atoms with E-state index in [2.05, 4.69) is 37.9 Å². The fraction of sp³-hybridized carbons (Fsp3) is 0.938. The van der Waals surface area contributed by atoms with Crippen LogP contribution in [0.2, 0.25) is 0 Å². The molecule has 1 atom stereocenters. The molecule has 0 aromatic carbocycles. The molecule has 0 radical (unpaired) electrons. The van der Waals surface area contributed by atoms with Crippen LogP contribution in [-0.4, -0.2) is 47.7 Å². The van der Waals surface area contributed by atoms with Crippen LogP contribution in [0.5, 0.6) is 0 Å². The van der Waals surface area contributed by atoms with Crippen molar-refractivity contribution in [1.82, 2.24) is 10.2 Å². The number of aliphatic carboxylic acids is 1. The third-order valence-electron chi connectivity index (χ3n) is 4.20. The summed E-state index contributed by atoms with van der Waals surface area (Å²) in [5.74, 6) is -0.122. The van der Waals surface area contributed by atoms with Crippen molar-refractivity contribution in [2.75, 3.05) is 20.1 Å². The van der Waals surface area contributed by atoms with E-state index in [0.29, 0.717) is 18.4 Å². The standard InChI is InChI=1S/C16H34N2O2/c1-7-14(8-2)18(12-13(3)4)11-9-10-16(5,17-6)15(19)20/h13-14,17H,7-12H2,1-6H3,(H,19,20). The van der Waals surface area contributed by atoms with Gasteiger partial charge in [-0.05, 0) is 52.1 Å². The van der Waals surface area contributed by atoms with Gasteiger partial charge in [-0.25, -0.2) is 0 Å². The molecule has 0 aromatic rings. The minimum atomic E-state index is -0.808. The highest BCUT2D eigenvalue weighted by atomic mass is 16.4. The molecule has 4 nitrogen and oxygen atoms in total. The Morgan fingerprint density at radius 2 is 1.85 bits per heavy atom. The molecule has 0 bridgehead atoms. The third-order valence-corrected chi connectivity index (χ3v) is 4.20. The second kappa shape index (κ2) is 9.35. The maximum absolute atomic E-state index is 11.3. The van der Waals surface area contributed by atoms with E-state index >= 15 is 0 Å². The van der Waals surface area contributed by atoms with Gasteiger partial charge in [0.2, 0.25) is 0 Å². The predicted molar refractivity (Wildman–Crippen MR) is 85.1 cm³/mol. The Morgan fingerprint density at radius 3 is 2.20 bits per heavy atom. The number of carboxylic acids is 1. The minimum Gasteiger partial charge on any atom is -0.480 e. The summed E-state index contributed by atoms with van der Waals surface area (Å²) in [5, 5.41) is 12.2. The molecule has 0 spiro atoms. The Balaban J connectivity index is 4.49. The monoisotopic (exact) mass is 286 g/mol. The fourth-order valence-corrected chi connectivity index (χ4v) is 2.67. The topological polar surface area (TPSA) is 52.6 Å². The zero-order chi connectivity index (χ0) is 15.8. The molecule has 0 amide bonds. The van der Waals surface area contributed by atoms with E-state index in [1.165, 1.54) is 0 Å². The summed E-state index contributed by atoms with van der Waals surface area (Å²) < 4.78 is 0. The van der Waals surface area contributed by atoms with Crippen LogP contribution >= 0.6 is 0 Å². The van der Waals surface area contributed by atoms with E-state index in [4.69, 9.17) is 0 Å². The summed E-state index contributed by atoms with van der Waals surface area (Å²) in [6.07, 6.45) is 3.89. The Bertz CT molecular complexity index is 278. The molecule has 1 unspecified atom stereocenters. The van der Waals surface area contributed by atoms with Crippen LogP contribution < -0.4 is 5.32 Å². The van der Waals surface area contributed by atoms with E-state index < -0.39 is 11.5 Å². The van der Waals surface area contributed by atoms with Crippen molar-refractivity contribution in [3.8, 4) is 0 Å². The molecule has 0 rings (SSSR count). The molecule has 0 heterocycles. The van der Waals surface area contributed by atoms with Gasteiger partial charge in [0.1, 0.15) is 5.54 Å². The molecule has 0 fully saturated rings. The average molecular weight is 286 g/mol. The van der Waals surface area contributed by atoms with Gasteiger partial charge >= 0.3 is 5.97 Å². The van der Waals surface area contributed by atoms with Crippen LogP contribution in [-0.2, 0) is 4.79 Å². The Hall–Kier alpha value is -0.610. The number of nitrogens with zero attached hydrogens (tertiary/aromatic N) is 1. The predicted octanol–water partition coefficient (Wildman–Crippen LogP) is 2.98. The molecular weight excluding hydrogens is 252 g/mol. The van der Waals surface area contributed by atoms with Crippen LogP contribution in [0.1, 0.15) is 60.3 Å². The summed E-state index contributed by atoms with van der Waals surface area (Å²) in [6.45, 7) is 12.8. The number of nitrogens with one attached hydrogen (secondary N) is 1. The zero-order valence-electron chi connectivity index (χ0n) is 14.2. The van der Waals surface area contributed by atoms with Crippen molar-refractivity contribution in [2.45, 2.75) is 71.9 Å². The molecule has 20 heavy (non-hydrogen) atoms. The van der Waals surface area contributed by atoms with Gasteiger partial charge in [0.15, 0.2) is 0 Å². The Labute approximate surface area is 124 Å². The number of likely N-dealkylation sites (N-methyl/N-ethyl adjacent to an activating group) is 1. The number of carboxylic acid groups (broad SMARTS) is 1. The Morgan fingerprint density at radius 1 is 1.30 bits per heavy atom. The number of carbonyl (C=O) groups is 1. The van der Waals surface area contributed by atoms with Crippen LogP contribution in [0.4, 0.5) is 0 Å². The second-order valence-electron chi connectivity index (χ2n) is 6.35. The summed E-state index contributed by atoms with van der Waals surface area (Å²) >= 11 is 0. The maximum Gasteiger partial charge on any atom is 0.323 e. The number of hydrogen-bond donors (Lipinski definition) is 2. The zero-order valence-corrected chi connectivity index (χ0v) is 14.2. The molecule has 0 aromatic heterocycles.